The molecule has 47 heavy (non-hydrogen) atoms. The Balaban J connectivity index is 1.30. The minimum Gasteiger partial charge on any atom is -0.394 e. The molecule has 2 aromatic rings. The smallest absolute Gasteiger partial charge is 0.251 e. The number of aliphatic hydroxyl groups is 3. The molecule has 6 atom stereocenters. The third kappa shape index (κ3) is 6.64. The number of benzene rings is 1. The van der Waals surface area contributed by atoms with E-state index < -0.39 is 89.4 Å². The summed E-state index contributed by atoms with van der Waals surface area (Å²) in [4.78, 5) is 15.4. The summed E-state index contributed by atoms with van der Waals surface area (Å²) in [7, 11) is 1.32. The molecule has 11 nitrogen and oxygen atoms in total. The van der Waals surface area contributed by atoms with E-state index in [0.717, 1.165) is 23.9 Å². The SMILES string of the molecule is CO[C@@H]1[C@@H](n2cc(-c3cc(F)c(F)c(F)c3)nn2)[C@@H](O)[C@@H](CO)O[C@H]1SC(C(=O)N1CCC(F)(F)CC1)C1(O)CCC2(CC1)COC2. The molecule has 4 aliphatic rings. The first-order valence-electron chi connectivity index (χ1n) is 15.4. The van der Waals surface area contributed by atoms with Crippen molar-refractivity contribution in [2.45, 2.75) is 85.1 Å². The molecule has 4 fully saturated rings. The number of alkyl halides is 2. The summed E-state index contributed by atoms with van der Waals surface area (Å²) in [6.07, 6.45) is -1.82. The van der Waals surface area contributed by atoms with Gasteiger partial charge in [-0.1, -0.05) is 5.21 Å². The molecule has 1 aliphatic carbocycles. The van der Waals surface area contributed by atoms with Crippen LogP contribution in [0.2, 0.25) is 0 Å². The largest absolute Gasteiger partial charge is 0.394 e. The number of amides is 1. The number of piperidine rings is 1. The second-order valence-electron chi connectivity index (χ2n) is 13.0. The van der Waals surface area contributed by atoms with Crippen molar-refractivity contribution < 1.29 is 56.3 Å². The van der Waals surface area contributed by atoms with Crippen LogP contribution < -0.4 is 0 Å². The van der Waals surface area contributed by atoms with Crippen molar-refractivity contribution in [2.24, 2.45) is 5.41 Å². The van der Waals surface area contributed by atoms with E-state index in [-0.39, 0.29) is 42.6 Å². The average Bonchev–Trinajstić information content (AvgIpc) is 3.51. The zero-order chi connectivity index (χ0) is 33.7. The average molecular weight is 693 g/mol. The number of methoxy groups -OCH3 is 1. The lowest BCUT2D eigenvalue weighted by Crippen LogP contribution is -2.60. The van der Waals surface area contributed by atoms with Gasteiger partial charge in [-0.2, -0.15) is 0 Å². The lowest BCUT2D eigenvalue weighted by Gasteiger charge is -2.52. The number of likely N-dealkylation sites (tertiary alicyclic amines) is 1. The summed E-state index contributed by atoms with van der Waals surface area (Å²) < 4.78 is 87.9. The monoisotopic (exact) mass is 692 g/mol. The molecule has 4 heterocycles. The van der Waals surface area contributed by atoms with Crippen molar-refractivity contribution in [3.05, 3.63) is 35.8 Å². The fourth-order valence-corrected chi connectivity index (χ4v) is 8.56. The molecule has 3 aliphatic heterocycles. The van der Waals surface area contributed by atoms with Gasteiger partial charge in [0, 0.05) is 44.0 Å². The van der Waals surface area contributed by atoms with Crippen molar-refractivity contribution in [2.75, 3.05) is 40.0 Å². The Labute approximate surface area is 271 Å². The second-order valence-corrected chi connectivity index (χ2v) is 14.2. The number of ether oxygens (including phenoxy) is 3. The van der Waals surface area contributed by atoms with Crippen LogP contribution in [-0.4, -0.2) is 122 Å². The van der Waals surface area contributed by atoms with Crippen LogP contribution >= 0.6 is 11.8 Å². The Morgan fingerprint density at radius 2 is 1.74 bits per heavy atom. The molecule has 1 unspecified atom stereocenters. The van der Waals surface area contributed by atoms with E-state index in [2.05, 4.69) is 10.3 Å². The second kappa shape index (κ2) is 13.1. The maximum Gasteiger partial charge on any atom is 0.251 e. The highest BCUT2D eigenvalue weighted by Gasteiger charge is 2.55. The van der Waals surface area contributed by atoms with Crippen LogP contribution in [0.15, 0.2) is 18.3 Å². The molecule has 1 amide bonds. The molecule has 1 aromatic heterocycles. The third-order valence-corrected chi connectivity index (χ3v) is 11.5. The van der Waals surface area contributed by atoms with Crippen molar-refractivity contribution in [3.63, 3.8) is 0 Å². The zero-order valence-corrected chi connectivity index (χ0v) is 26.4. The predicted molar refractivity (Wildman–Crippen MR) is 156 cm³/mol. The Bertz CT molecular complexity index is 1420. The van der Waals surface area contributed by atoms with Gasteiger partial charge in [0.15, 0.2) is 17.5 Å². The van der Waals surface area contributed by atoms with E-state index in [1.165, 1.54) is 22.9 Å². The Kier molecular flexibility index (Phi) is 9.63. The lowest BCUT2D eigenvalue weighted by molar-refractivity contribution is -0.187. The molecule has 1 saturated carbocycles. The number of hydrogen-bond donors (Lipinski definition) is 3. The maximum atomic E-state index is 14.1. The van der Waals surface area contributed by atoms with Crippen LogP contribution in [0.4, 0.5) is 22.0 Å². The topological polar surface area (TPSA) is 139 Å². The molecule has 1 spiro atoms. The van der Waals surface area contributed by atoms with E-state index in [9.17, 15) is 42.1 Å². The fourth-order valence-electron chi connectivity index (χ4n) is 6.91. The molecular weight excluding hydrogens is 655 g/mol. The summed E-state index contributed by atoms with van der Waals surface area (Å²) in [5, 5.41) is 40.2. The molecule has 3 saturated heterocycles. The summed E-state index contributed by atoms with van der Waals surface area (Å²) in [5.74, 6) is -7.94. The molecule has 1 aromatic carbocycles. The van der Waals surface area contributed by atoms with Gasteiger partial charge >= 0.3 is 0 Å². The highest BCUT2D eigenvalue weighted by molar-refractivity contribution is 8.01. The van der Waals surface area contributed by atoms with Gasteiger partial charge in [0.05, 0.1) is 31.6 Å². The van der Waals surface area contributed by atoms with Crippen LogP contribution in [0.5, 0.6) is 0 Å². The van der Waals surface area contributed by atoms with Gasteiger partial charge in [0.1, 0.15) is 40.7 Å². The standard InChI is InChI=1S/C30H37F5N4O7S/c1-44-24-22(39-12-19(36-37-39)16-10-17(31)21(33)18(32)11-16)23(41)20(13-40)46-27(24)47-25(26(42)38-8-6-30(34,35)7-9-38)29(43)4-2-28(3-5-29)14-45-15-28/h10-12,20,22-25,27,40-41,43H,2-9,13-15H2,1H3/t20-,22+,23+,24-,25?,27+/m1/s1. The third-order valence-electron chi connectivity index (χ3n) is 9.97. The van der Waals surface area contributed by atoms with Gasteiger partial charge in [0.25, 0.3) is 5.92 Å². The number of thioether (sulfide) groups is 1. The first-order valence-corrected chi connectivity index (χ1v) is 16.4. The number of aromatic nitrogens is 3. The molecule has 3 N–H and O–H groups in total. The van der Waals surface area contributed by atoms with Gasteiger partial charge in [-0.05, 0) is 37.8 Å². The first kappa shape index (κ1) is 34.5. The Morgan fingerprint density at radius 1 is 1.11 bits per heavy atom. The van der Waals surface area contributed by atoms with Crippen LogP contribution in [-0.2, 0) is 19.0 Å². The number of nitrogens with zero attached hydrogens (tertiary/aromatic N) is 4. The van der Waals surface area contributed by atoms with Gasteiger partial charge in [0.2, 0.25) is 5.91 Å². The van der Waals surface area contributed by atoms with Crippen LogP contribution in [0, 0.1) is 22.9 Å². The highest BCUT2D eigenvalue weighted by Crippen LogP contribution is 2.50. The van der Waals surface area contributed by atoms with Crippen molar-refractivity contribution in [3.8, 4) is 11.3 Å². The number of hydrogen-bond acceptors (Lipinski definition) is 10. The quantitative estimate of drug-likeness (QED) is 0.280. The molecule has 0 radical (unpaired) electrons. The normalized spacial score (nSPS) is 30.6. The van der Waals surface area contributed by atoms with Crippen LogP contribution in [0.1, 0.15) is 44.6 Å². The molecule has 260 valence electrons. The highest BCUT2D eigenvalue weighted by atomic mass is 32.2. The molecular formula is C30H37F5N4O7S. The van der Waals surface area contributed by atoms with Crippen molar-refractivity contribution in [1.29, 1.82) is 0 Å². The van der Waals surface area contributed by atoms with Crippen LogP contribution in [0.25, 0.3) is 11.3 Å². The van der Waals surface area contributed by atoms with Crippen molar-refractivity contribution >= 4 is 17.7 Å². The molecule has 17 heteroatoms. The van der Waals surface area contributed by atoms with Crippen LogP contribution in [0.3, 0.4) is 0 Å². The van der Waals surface area contributed by atoms with Gasteiger partial charge < -0.3 is 34.4 Å². The van der Waals surface area contributed by atoms with E-state index in [0.29, 0.717) is 26.1 Å². The predicted octanol–water partition coefficient (Wildman–Crippen LogP) is 2.68. The molecule has 6 rings (SSSR count). The summed E-state index contributed by atoms with van der Waals surface area (Å²) in [5.41, 5.74) is -2.90. The lowest BCUT2D eigenvalue weighted by atomic mass is 9.66. The number of carbonyl (C=O) groups excluding carboxylic acids is 1. The van der Waals surface area contributed by atoms with E-state index >= 15 is 0 Å². The number of halogens is 5. The number of carbonyl (C=O) groups is 1. The minimum absolute atomic E-state index is 0.0542. The van der Waals surface area contributed by atoms with E-state index in [4.69, 9.17) is 14.2 Å². The maximum absolute atomic E-state index is 14.1. The minimum atomic E-state index is -2.90. The Morgan fingerprint density at radius 3 is 2.30 bits per heavy atom. The number of aliphatic hydroxyl groups excluding tert-OH is 2. The summed E-state index contributed by atoms with van der Waals surface area (Å²) in [6, 6.07) is 0.363. The van der Waals surface area contributed by atoms with Gasteiger partial charge in [-0.25, -0.2) is 26.6 Å². The summed E-state index contributed by atoms with van der Waals surface area (Å²) in [6.45, 7) is 0.0737. The van der Waals surface area contributed by atoms with E-state index in [1.807, 2.05) is 0 Å². The van der Waals surface area contributed by atoms with Crippen molar-refractivity contribution in [1.82, 2.24) is 19.9 Å². The van der Waals surface area contributed by atoms with Gasteiger partial charge in [-0.15, -0.1) is 16.9 Å². The number of rotatable bonds is 8. The molecule has 0 bridgehead atoms. The first-order chi connectivity index (χ1) is 22.3. The van der Waals surface area contributed by atoms with Gasteiger partial charge in [-0.3, -0.25) is 4.79 Å². The van der Waals surface area contributed by atoms with E-state index in [1.54, 1.807) is 0 Å². The fraction of sp³-hybridized carbons (Fsp3) is 0.700. The zero-order valence-electron chi connectivity index (χ0n) is 25.5. The Hall–Kier alpha value is -2.41. The summed E-state index contributed by atoms with van der Waals surface area (Å²) >= 11 is 0.928.